The number of ether oxygens (including phenoxy) is 1. The smallest absolute Gasteiger partial charge is 0.0589 e. The van der Waals surface area contributed by atoms with Gasteiger partial charge in [-0.15, -0.1) is 0 Å². The zero-order valence-electron chi connectivity index (χ0n) is 10.9. The SMILES string of the molecule is CCN(CCOC)CC1(CS)CCCCC1. The van der Waals surface area contributed by atoms with Crippen molar-refractivity contribution < 1.29 is 4.74 Å². The van der Waals surface area contributed by atoms with E-state index in [-0.39, 0.29) is 0 Å². The molecule has 0 aliphatic heterocycles. The third-order valence-corrected chi connectivity index (χ3v) is 4.54. The monoisotopic (exact) mass is 245 g/mol. The fraction of sp³-hybridized carbons (Fsp3) is 1.00. The molecule has 0 aromatic carbocycles. The molecule has 1 fully saturated rings. The van der Waals surface area contributed by atoms with E-state index in [0.717, 1.165) is 25.4 Å². The van der Waals surface area contributed by atoms with E-state index >= 15 is 0 Å². The molecule has 1 aliphatic rings. The first-order chi connectivity index (χ1) is 7.76. The Morgan fingerprint density at radius 3 is 2.44 bits per heavy atom. The Kier molecular flexibility index (Phi) is 6.78. The van der Waals surface area contributed by atoms with E-state index in [4.69, 9.17) is 4.74 Å². The third-order valence-electron chi connectivity index (χ3n) is 3.87. The number of thiol groups is 1. The second kappa shape index (κ2) is 7.57. The quantitative estimate of drug-likeness (QED) is 0.693. The number of likely N-dealkylation sites (N-methyl/N-ethyl adjacent to an activating group) is 1. The molecule has 1 rings (SSSR count). The van der Waals surface area contributed by atoms with Gasteiger partial charge in [-0.25, -0.2) is 0 Å². The van der Waals surface area contributed by atoms with Gasteiger partial charge in [0.25, 0.3) is 0 Å². The van der Waals surface area contributed by atoms with Crippen LogP contribution in [0.5, 0.6) is 0 Å². The van der Waals surface area contributed by atoms with Crippen molar-refractivity contribution in [1.29, 1.82) is 0 Å². The van der Waals surface area contributed by atoms with Crippen LogP contribution >= 0.6 is 12.6 Å². The van der Waals surface area contributed by atoms with Crippen molar-refractivity contribution in [3.05, 3.63) is 0 Å². The molecule has 1 aliphatic carbocycles. The molecule has 0 aromatic heterocycles. The molecule has 0 spiro atoms. The van der Waals surface area contributed by atoms with Crippen molar-refractivity contribution in [2.45, 2.75) is 39.0 Å². The Hall–Kier alpha value is 0.270. The van der Waals surface area contributed by atoms with Gasteiger partial charge in [0, 0.05) is 20.2 Å². The van der Waals surface area contributed by atoms with Crippen LogP contribution in [-0.2, 0) is 4.74 Å². The summed E-state index contributed by atoms with van der Waals surface area (Å²) in [6.07, 6.45) is 6.92. The van der Waals surface area contributed by atoms with E-state index in [1.54, 1.807) is 7.11 Å². The van der Waals surface area contributed by atoms with Gasteiger partial charge in [0.05, 0.1) is 6.61 Å². The minimum absolute atomic E-state index is 0.477. The topological polar surface area (TPSA) is 12.5 Å². The summed E-state index contributed by atoms with van der Waals surface area (Å²) in [5.74, 6) is 1.04. The molecule has 0 amide bonds. The first-order valence-corrected chi connectivity index (χ1v) is 7.22. The van der Waals surface area contributed by atoms with E-state index < -0.39 is 0 Å². The molecule has 0 atom stereocenters. The van der Waals surface area contributed by atoms with Gasteiger partial charge < -0.3 is 9.64 Å². The van der Waals surface area contributed by atoms with Crippen LogP contribution in [0.3, 0.4) is 0 Å². The highest BCUT2D eigenvalue weighted by Crippen LogP contribution is 2.37. The molecule has 0 aromatic rings. The molecular formula is C13H27NOS. The lowest BCUT2D eigenvalue weighted by Gasteiger charge is -2.40. The van der Waals surface area contributed by atoms with Crippen molar-refractivity contribution >= 4 is 12.6 Å². The maximum atomic E-state index is 5.17. The Bertz CT molecular complexity index is 181. The lowest BCUT2D eigenvalue weighted by atomic mass is 9.75. The van der Waals surface area contributed by atoms with E-state index in [0.29, 0.717) is 5.41 Å². The molecule has 0 heterocycles. The van der Waals surface area contributed by atoms with Gasteiger partial charge >= 0.3 is 0 Å². The summed E-state index contributed by atoms with van der Waals surface area (Å²) in [7, 11) is 1.78. The molecule has 0 saturated heterocycles. The van der Waals surface area contributed by atoms with E-state index in [2.05, 4.69) is 24.5 Å². The molecule has 0 unspecified atom stereocenters. The van der Waals surface area contributed by atoms with Gasteiger partial charge in [-0.3, -0.25) is 0 Å². The van der Waals surface area contributed by atoms with Crippen molar-refractivity contribution in [1.82, 2.24) is 4.90 Å². The molecule has 1 saturated carbocycles. The van der Waals surface area contributed by atoms with E-state index in [1.165, 1.54) is 38.6 Å². The van der Waals surface area contributed by atoms with Crippen LogP contribution in [0.25, 0.3) is 0 Å². The average molecular weight is 245 g/mol. The molecule has 2 nitrogen and oxygen atoms in total. The molecule has 16 heavy (non-hydrogen) atoms. The normalized spacial score (nSPS) is 20.2. The lowest BCUT2D eigenvalue weighted by Crippen LogP contribution is -2.41. The molecule has 3 heteroatoms. The summed E-state index contributed by atoms with van der Waals surface area (Å²) in [6.45, 7) is 6.47. The minimum atomic E-state index is 0.477. The molecule has 96 valence electrons. The largest absolute Gasteiger partial charge is 0.383 e. The number of methoxy groups -OCH3 is 1. The predicted octanol–water partition coefficient (Wildman–Crippen LogP) is 2.84. The minimum Gasteiger partial charge on any atom is -0.383 e. The number of rotatable bonds is 7. The van der Waals surface area contributed by atoms with Crippen LogP contribution in [0.4, 0.5) is 0 Å². The highest BCUT2D eigenvalue weighted by molar-refractivity contribution is 7.80. The van der Waals surface area contributed by atoms with E-state index in [9.17, 15) is 0 Å². The maximum Gasteiger partial charge on any atom is 0.0589 e. The van der Waals surface area contributed by atoms with Gasteiger partial charge in [0.2, 0.25) is 0 Å². The summed E-state index contributed by atoms with van der Waals surface area (Å²) < 4.78 is 5.17. The first kappa shape index (κ1) is 14.3. The van der Waals surface area contributed by atoms with E-state index in [1.807, 2.05) is 0 Å². The zero-order chi connectivity index (χ0) is 11.9. The van der Waals surface area contributed by atoms with Crippen molar-refractivity contribution in [2.75, 3.05) is 39.1 Å². The molecule has 0 N–H and O–H groups in total. The third kappa shape index (κ3) is 4.27. The highest BCUT2D eigenvalue weighted by Gasteiger charge is 2.32. The second-order valence-corrected chi connectivity index (χ2v) is 5.40. The molecular weight excluding hydrogens is 218 g/mol. The number of nitrogens with zero attached hydrogens (tertiary/aromatic N) is 1. The van der Waals surface area contributed by atoms with Gasteiger partial charge in [-0.05, 0) is 30.6 Å². The summed E-state index contributed by atoms with van der Waals surface area (Å²) >= 11 is 4.60. The van der Waals surface area contributed by atoms with Crippen molar-refractivity contribution in [3.8, 4) is 0 Å². The van der Waals surface area contributed by atoms with Gasteiger partial charge in [0.15, 0.2) is 0 Å². The standard InChI is InChI=1S/C13H27NOS/c1-3-14(9-10-15-2)11-13(12-16)7-5-4-6-8-13/h16H,3-12H2,1-2H3. The summed E-state index contributed by atoms with van der Waals surface area (Å²) in [5, 5.41) is 0. The van der Waals surface area contributed by atoms with Crippen LogP contribution in [0.15, 0.2) is 0 Å². The van der Waals surface area contributed by atoms with Gasteiger partial charge in [-0.2, -0.15) is 12.6 Å². The average Bonchev–Trinajstić information content (AvgIpc) is 2.35. The zero-order valence-corrected chi connectivity index (χ0v) is 11.8. The second-order valence-electron chi connectivity index (χ2n) is 5.08. The van der Waals surface area contributed by atoms with Crippen LogP contribution in [0.2, 0.25) is 0 Å². The maximum absolute atomic E-state index is 5.17. The fourth-order valence-electron chi connectivity index (χ4n) is 2.71. The number of hydrogen-bond donors (Lipinski definition) is 1. The summed E-state index contributed by atoms with van der Waals surface area (Å²) in [5.41, 5.74) is 0.477. The lowest BCUT2D eigenvalue weighted by molar-refractivity contribution is 0.0973. The Labute approximate surface area is 106 Å². The molecule has 0 radical (unpaired) electrons. The number of hydrogen-bond acceptors (Lipinski definition) is 3. The Balaban J connectivity index is 2.45. The van der Waals surface area contributed by atoms with Crippen LogP contribution < -0.4 is 0 Å². The summed E-state index contributed by atoms with van der Waals surface area (Å²) in [6, 6.07) is 0. The molecule has 0 bridgehead atoms. The van der Waals surface area contributed by atoms with Crippen molar-refractivity contribution in [3.63, 3.8) is 0 Å². The predicted molar refractivity (Wildman–Crippen MR) is 73.4 cm³/mol. The highest BCUT2D eigenvalue weighted by atomic mass is 32.1. The van der Waals surface area contributed by atoms with Crippen molar-refractivity contribution in [2.24, 2.45) is 5.41 Å². The Morgan fingerprint density at radius 2 is 1.94 bits per heavy atom. The van der Waals surface area contributed by atoms with Gasteiger partial charge in [-0.1, -0.05) is 26.2 Å². The van der Waals surface area contributed by atoms with Crippen LogP contribution in [0, 0.1) is 5.41 Å². The summed E-state index contributed by atoms with van der Waals surface area (Å²) in [4.78, 5) is 2.52. The van der Waals surface area contributed by atoms with Crippen LogP contribution in [0.1, 0.15) is 39.0 Å². The Morgan fingerprint density at radius 1 is 1.25 bits per heavy atom. The fourth-order valence-corrected chi connectivity index (χ4v) is 3.13. The van der Waals surface area contributed by atoms with Gasteiger partial charge in [0.1, 0.15) is 0 Å². The first-order valence-electron chi connectivity index (χ1n) is 6.58. The van der Waals surface area contributed by atoms with Crippen LogP contribution in [-0.4, -0.2) is 44.0 Å².